The molecule has 5 aromatic rings. The van der Waals surface area contributed by atoms with Crippen LogP contribution in [0.3, 0.4) is 0 Å². The van der Waals surface area contributed by atoms with E-state index in [1.807, 2.05) is 18.2 Å². The van der Waals surface area contributed by atoms with Crippen molar-refractivity contribution in [2.24, 2.45) is 7.05 Å². The summed E-state index contributed by atoms with van der Waals surface area (Å²) in [5.74, 6) is 0.323. The second kappa shape index (κ2) is 7.70. The number of sulfonamides is 1. The summed E-state index contributed by atoms with van der Waals surface area (Å²) in [6, 6.07) is 14.4. The van der Waals surface area contributed by atoms with Gasteiger partial charge in [-0.25, -0.2) is 23.1 Å². The summed E-state index contributed by atoms with van der Waals surface area (Å²) in [7, 11) is -2.27. The van der Waals surface area contributed by atoms with Crippen molar-refractivity contribution >= 4 is 38.4 Å². The van der Waals surface area contributed by atoms with Crippen molar-refractivity contribution in [1.82, 2.24) is 40.0 Å². The number of rotatable bonds is 6. The Labute approximate surface area is 182 Å². The molecule has 0 atom stereocenters. The standard InChI is InChI=1S/C19H16N10O2S/c1-28-11-15(10-21-28)32(30,31)25-19-18(23-16-4-2-3-5-17(16)24-19)22-13-6-8-14(9-7-13)29-12-20-26-27-29/h2-12H,1H3,(H,22,23)(H,24,25). The third kappa shape index (κ3) is 3.83. The van der Waals surface area contributed by atoms with Gasteiger partial charge in [0.15, 0.2) is 11.6 Å². The van der Waals surface area contributed by atoms with E-state index in [1.165, 1.54) is 28.1 Å². The Balaban J connectivity index is 1.51. The van der Waals surface area contributed by atoms with Gasteiger partial charge in [0.1, 0.15) is 11.2 Å². The first-order valence-electron chi connectivity index (χ1n) is 9.37. The van der Waals surface area contributed by atoms with Crippen molar-refractivity contribution < 1.29 is 8.42 Å². The van der Waals surface area contributed by atoms with Crippen molar-refractivity contribution in [2.45, 2.75) is 4.90 Å². The van der Waals surface area contributed by atoms with Crippen LogP contribution in [0, 0.1) is 0 Å². The second-order valence-corrected chi connectivity index (χ2v) is 8.47. The molecule has 160 valence electrons. The molecule has 0 amide bonds. The van der Waals surface area contributed by atoms with Crippen LogP contribution >= 0.6 is 0 Å². The van der Waals surface area contributed by atoms with Crippen molar-refractivity contribution in [3.63, 3.8) is 0 Å². The zero-order valence-corrected chi connectivity index (χ0v) is 17.5. The smallest absolute Gasteiger partial charge is 0.266 e. The molecule has 12 nitrogen and oxygen atoms in total. The van der Waals surface area contributed by atoms with Crippen molar-refractivity contribution in [3.8, 4) is 5.69 Å². The van der Waals surface area contributed by atoms with Crippen LogP contribution in [0.2, 0.25) is 0 Å². The summed E-state index contributed by atoms with van der Waals surface area (Å²) in [5, 5.41) is 18.1. The summed E-state index contributed by atoms with van der Waals surface area (Å²) in [6.07, 6.45) is 4.16. The van der Waals surface area contributed by atoms with Crippen LogP contribution < -0.4 is 10.0 Å². The number of benzene rings is 2. The number of hydrogen-bond acceptors (Lipinski definition) is 9. The molecule has 0 saturated carbocycles. The molecule has 0 aliphatic rings. The Morgan fingerprint density at radius 2 is 1.66 bits per heavy atom. The normalized spacial score (nSPS) is 11.5. The van der Waals surface area contributed by atoms with E-state index in [-0.39, 0.29) is 16.5 Å². The fourth-order valence-corrected chi connectivity index (χ4v) is 3.99. The quantitative estimate of drug-likeness (QED) is 0.397. The van der Waals surface area contributed by atoms with Gasteiger partial charge in [0.05, 0.1) is 22.9 Å². The van der Waals surface area contributed by atoms with E-state index in [9.17, 15) is 8.42 Å². The predicted octanol–water partition coefficient (Wildman–Crippen LogP) is 1.88. The lowest BCUT2D eigenvalue weighted by molar-refractivity contribution is 0.601. The Morgan fingerprint density at radius 3 is 2.28 bits per heavy atom. The highest BCUT2D eigenvalue weighted by Gasteiger charge is 2.20. The Hall–Kier alpha value is -4.39. The fraction of sp³-hybridized carbons (Fsp3) is 0.0526. The van der Waals surface area contributed by atoms with Gasteiger partial charge in [0.25, 0.3) is 10.0 Å². The lowest BCUT2D eigenvalue weighted by Gasteiger charge is -2.13. The molecule has 0 saturated heterocycles. The number of anilines is 3. The molecular formula is C19H16N10O2S. The summed E-state index contributed by atoms with van der Waals surface area (Å²) < 4.78 is 31.1. The molecule has 0 spiro atoms. The lowest BCUT2D eigenvalue weighted by Crippen LogP contribution is -2.15. The molecular weight excluding hydrogens is 432 g/mol. The van der Waals surface area contributed by atoms with Crippen LogP contribution in [0.5, 0.6) is 0 Å². The van der Waals surface area contributed by atoms with Gasteiger partial charge in [-0.15, -0.1) is 5.10 Å². The maximum absolute atomic E-state index is 12.9. The first kappa shape index (κ1) is 19.6. The van der Waals surface area contributed by atoms with Crippen LogP contribution in [-0.4, -0.2) is 48.4 Å². The van der Waals surface area contributed by atoms with Crippen LogP contribution in [0.1, 0.15) is 0 Å². The molecule has 2 N–H and O–H groups in total. The third-order valence-electron chi connectivity index (χ3n) is 4.54. The predicted molar refractivity (Wildman–Crippen MR) is 116 cm³/mol. The first-order valence-corrected chi connectivity index (χ1v) is 10.8. The van der Waals surface area contributed by atoms with Gasteiger partial charge >= 0.3 is 0 Å². The summed E-state index contributed by atoms with van der Waals surface area (Å²) in [5.41, 5.74) is 2.61. The SMILES string of the molecule is Cn1cc(S(=O)(=O)Nc2nc3ccccc3nc2Nc2ccc(-n3cnnn3)cc2)cn1. The van der Waals surface area contributed by atoms with Crippen molar-refractivity contribution in [1.29, 1.82) is 0 Å². The van der Waals surface area contributed by atoms with Crippen LogP contribution in [0.25, 0.3) is 16.7 Å². The number of aryl methyl sites for hydroxylation is 1. The number of nitrogens with zero attached hydrogens (tertiary/aromatic N) is 8. The average Bonchev–Trinajstić information content (AvgIpc) is 3.47. The minimum Gasteiger partial charge on any atom is -0.337 e. The van der Waals surface area contributed by atoms with Gasteiger partial charge in [-0.2, -0.15) is 5.10 Å². The van der Waals surface area contributed by atoms with E-state index < -0.39 is 10.0 Å². The zero-order chi connectivity index (χ0) is 22.1. The van der Waals surface area contributed by atoms with Gasteiger partial charge in [-0.1, -0.05) is 12.1 Å². The van der Waals surface area contributed by atoms with E-state index in [0.29, 0.717) is 16.7 Å². The fourth-order valence-electron chi connectivity index (χ4n) is 3.00. The van der Waals surface area contributed by atoms with E-state index >= 15 is 0 Å². The van der Waals surface area contributed by atoms with E-state index in [1.54, 1.807) is 37.4 Å². The highest BCUT2D eigenvalue weighted by atomic mass is 32.2. The zero-order valence-electron chi connectivity index (χ0n) is 16.7. The number of hydrogen-bond donors (Lipinski definition) is 2. The monoisotopic (exact) mass is 448 g/mol. The minimum atomic E-state index is -3.91. The number of aromatic nitrogens is 8. The molecule has 0 aliphatic heterocycles. The molecule has 0 aliphatic carbocycles. The minimum absolute atomic E-state index is 0.0201. The lowest BCUT2D eigenvalue weighted by atomic mass is 10.2. The van der Waals surface area contributed by atoms with Crippen LogP contribution in [-0.2, 0) is 17.1 Å². The highest BCUT2D eigenvalue weighted by molar-refractivity contribution is 7.92. The van der Waals surface area contributed by atoms with Crippen molar-refractivity contribution in [2.75, 3.05) is 10.0 Å². The number of para-hydroxylation sites is 2. The average molecular weight is 448 g/mol. The molecule has 3 aromatic heterocycles. The van der Waals surface area contributed by atoms with Gasteiger partial charge < -0.3 is 5.32 Å². The highest BCUT2D eigenvalue weighted by Crippen LogP contribution is 2.27. The molecule has 32 heavy (non-hydrogen) atoms. The molecule has 2 aromatic carbocycles. The summed E-state index contributed by atoms with van der Waals surface area (Å²) >= 11 is 0. The molecule has 5 rings (SSSR count). The molecule has 0 bridgehead atoms. The summed E-state index contributed by atoms with van der Waals surface area (Å²) in [6.45, 7) is 0. The molecule has 13 heteroatoms. The van der Waals surface area contributed by atoms with E-state index in [2.05, 4.69) is 40.6 Å². The Kier molecular flexibility index (Phi) is 4.71. The van der Waals surface area contributed by atoms with E-state index in [0.717, 1.165) is 5.69 Å². The largest absolute Gasteiger partial charge is 0.337 e. The van der Waals surface area contributed by atoms with Crippen LogP contribution in [0.15, 0.2) is 72.1 Å². The molecule has 0 unspecified atom stereocenters. The van der Waals surface area contributed by atoms with Crippen LogP contribution in [0.4, 0.5) is 17.3 Å². The maximum atomic E-state index is 12.9. The first-order chi connectivity index (χ1) is 15.5. The molecule has 0 radical (unpaired) electrons. The second-order valence-electron chi connectivity index (χ2n) is 6.79. The molecule has 3 heterocycles. The number of nitrogens with one attached hydrogen (secondary N) is 2. The number of tetrazole rings is 1. The third-order valence-corrected chi connectivity index (χ3v) is 5.83. The molecule has 0 fully saturated rings. The number of fused-ring (bicyclic) bond motifs is 1. The Morgan fingerprint density at radius 1 is 0.938 bits per heavy atom. The topological polar surface area (TPSA) is 145 Å². The van der Waals surface area contributed by atoms with E-state index in [4.69, 9.17) is 0 Å². The van der Waals surface area contributed by atoms with Gasteiger partial charge in [-0.3, -0.25) is 9.40 Å². The summed E-state index contributed by atoms with van der Waals surface area (Å²) in [4.78, 5) is 9.06. The maximum Gasteiger partial charge on any atom is 0.266 e. The van der Waals surface area contributed by atoms with Gasteiger partial charge in [0, 0.05) is 18.9 Å². The van der Waals surface area contributed by atoms with Gasteiger partial charge in [-0.05, 0) is 46.8 Å². The Bertz CT molecular complexity index is 1500. The van der Waals surface area contributed by atoms with Crippen molar-refractivity contribution in [3.05, 3.63) is 67.3 Å². The van der Waals surface area contributed by atoms with Gasteiger partial charge in [0.2, 0.25) is 0 Å².